The summed E-state index contributed by atoms with van der Waals surface area (Å²) in [6.45, 7) is 8.00. The summed E-state index contributed by atoms with van der Waals surface area (Å²) >= 11 is 0. The van der Waals surface area contributed by atoms with E-state index in [9.17, 15) is 0 Å². The number of hydrazone groups is 1. The molecule has 6 heteroatoms. The number of aromatic nitrogens is 3. The summed E-state index contributed by atoms with van der Waals surface area (Å²) < 4.78 is 6.14. The van der Waals surface area contributed by atoms with Crippen LogP contribution in [0.25, 0.3) is 22.3 Å². The van der Waals surface area contributed by atoms with Crippen molar-refractivity contribution in [2.24, 2.45) is 5.10 Å². The van der Waals surface area contributed by atoms with E-state index in [1.54, 1.807) is 12.4 Å². The Labute approximate surface area is 181 Å². The zero-order valence-corrected chi connectivity index (χ0v) is 17.5. The Morgan fingerprint density at radius 3 is 2.10 bits per heavy atom. The lowest BCUT2D eigenvalue weighted by molar-refractivity contribution is 0.291. The van der Waals surface area contributed by atoms with Gasteiger partial charge in [-0.15, -0.1) is 10.2 Å². The van der Waals surface area contributed by atoms with Crippen LogP contribution in [0.4, 0.5) is 5.82 Å². The Hall–Kier alpha value is -4.06. The second-order valence-corrected chi connectivity index (χ2v) is 7.26. The standard InChI is InChI=1S/C25H23N5O/c1-17-6-10-20(11-7-17)22-23(21-12-8-18(2)9-13-21)25(30-29-24(22)28-26-3)31-16-19-5-4-14-27-15-19/h4-15H,3,16H2,1-2H3,(H,28,29). The largest absolute Gasteiger partial charge is 0.471 e. The van der Waals surface area contributed by atoms with Crippen molar-refractivity contribution in [2.75, 3.05) is 5.43 Å². The van der Waals surface area contributed by atoms with Crippen LogP contribution in [0.5, 0.6) is 5.88 Å². The van der Waals surface area contributed by atoms with Gasteiger partial charge in [-0.25, -0.2) is 0 Å². The van der Waals surface area contributed by atoms with Crippen LogP contribution in [-0.2, 0) is 6.61 Å². The fourth-order valence-electron chi connectivity index (χ4n) is 3.30. The predicted molar refractivity (Wildman–Crippen MR) is 124 cm³/mol. The first-order chi connectivity index (χ1) is 15.2. The summed E-state index contributed by atoms with van der Waals surface area (Å²) in [5.41, 5.74) is 9.83. The molecule has 0 saturated carbocycles. The van der Waals surface area contributed by atoms with Gasteiger partial charge in [0.15, 0.2) is 5.82 Å². The van der Waals surface area contributed by atoms with E-state index in [1.165, 1.54) is 11.1 Å². The number of anilines is 1. The molecule has 2 heterocycles. The Kier molecular flexibility index (Phi) is 5.98. The maximum absolute atomic E-state index is 6.14. The first-order valence-electron chi connectivity index (χ1n) is 9.94. The van der Waals surface area contributed by atoms with Crippen LogP contribution >= 0.6 is 0 Å². The third-order valence-electron chi connectivity index (χ3n) is 4.91. The summed E-state index contributed by atoms with van der Waals surface area (Å²) in [5.74, 6) is 0.959. The number of hydrogen-bond donors (Lipinski definition) is 1. The molecule has 6 nitrogen and oxygen atoms in total. The molecular weight excluding hydrogens is 386 g/mol. The van der Waals surface area contributed by atoms with Crippen molar-refractivity contribution in [3.05, 3.63) is 89.7 Å². The van der Waals surface area contributed by atoms with E-state index in [0.29, 0.717) is 18.3 Å². The topological polar surface area (TPSA) is 72.3 Å². The molecule has 0 unspecified atom stereocenters. The average molecular weight is 409 g/mol. The van der Waals surface area contributed by atoms with E-state index in [4.69, 9.17) is 4.74 Å². The molecule has 0 atom stereocenters. The van der Waals surface area contributed by atoms with Crippen molar-refractivity contribution in [1.82, 2.24) is 15.2 Å². The second kappa shape index (κ2) is 9.17. The van der Waals surface area contributed by atoms with Crippen molar-refractivity contribution >= 4 is 12.5 Å². The van der Waals surface area contributed by atoms with Gasteiger partial charge in [0, 0.05) is 30.2 Å². The molecule has 4 rings (SSSR count). The zero-order chi connectivity index (χ0) is 21.6. The third kappa shape index (κ3) is 4.59. The fourth-order valence-corrected chi connectivity index (χ4v) is 3.30. The van der Waals surface area contributed by atoms with Gasteiger partial charge in [0.05, 0.1) is 5.56 Å². The first-order valence-corrected chi connectivity index (χ1v) is 9.94. The summed E-state index contributed by atoms with van der Waals surface area (Å²) in [6.07, 6.45) is 3.51. The fraction of sp³-hybridized carbons (Fsp3) is 0.120. The lowest BCUT2D eigenvalue weighted by atomic mass is 9.95. The number of nitrogens with zero attached hydrogens (tertiary/aromatic N) is 4. The molecule has 31 heavy (non-hydrogen) atoms. The molecule has 0 bridgehead atoms. The summed E-state index contributed by atoms with van der Waals surface area (Å²) in [7, 11) is 0. The molecule has 0 aliphatic carbocycles. The smallest absolute Gasteiger partial charge is 0.242 e. The van der Waals surface area contributed by atoms with E-state index < -0.39 is 0 Å². The quantitative estimate of drug-likeness (QED) is 0.325. The molecule has 2 aromatic heterocycles. The van der Waals surface area contributed by atoms with E-state index in [2.05, 4.69) is 94.8 Å². The van der Waals surface area contributed by atoms with E-state index in [0.717, 1.165) is 27.8 Å². The normalized spacial score (nSPS) is 10.5. The van der Waals surface area contributed by atoms with Crippen LogP contribution in [0.1, 0.15) is 16.7 Å². The number of pyridine rings is 1. The van der Waals surface area contributed by atoms with Gasteiger partial charge in [-0.05, 0) is 31.0 Å². The summed E-state index contributed by atoms with van der Waals surface area (Å²) in [5, 5.41) is 12.5. The van der Waals surface area contributed by atoms with Crippen molar-refractivity contribution < 1.29 is 4.74 Å². The molecule has 0 amide bonds. The molecule has 2 aromatic carbocycles. The summed E-state index contributed by atoms with van der Waals surface area (Å²) in [4.78, 5) is 4.15. The number of ether oxygens (including phenoxy) is 1. The van der Waals surface area contributed by atoms with E-state index in [-0.39, 0.29) is 0 Å². The molecular formula is C25H23N5O. The Bertz CT molecular complexity index is 1170. The van der Waals surface area contributed by atoms with Gasteiger partial charge >= 0.3 is 0 Å². The molecule has 4 aromatic rings. The minimum atomic E-state index is 0.335. The molecule has 0 spiro atoms. The SMILES string of the molecule is C=NNc1nnc(OCc2cccnc2)c(-c2ccc(C)cc2)c1-c1ccc(C)cc1. The van der Waals surface area contributed by atoms with Gasteiger partial charge < -0.3 is 4.74 Å². The third-order valence-corrected chi connectivity index (χ3v) is 4.91. The van der Waals surface area contributed by atoms with Crippen molar-refractivity contribution in [3.8, 4) is 28.1 Å². The average Bonchev–Trinajstić information content (AvgIpc) is 2.80. The van der Waals surface area contributed by atoms with Crippen LogP contribution in [0.3, 0.4) is 0 Å². The highest BCUT2D eigenvalue weighted by Gasteiger charge is 2.21. The van der Waals surface area contributed by atoms with Gasteiger partial charge in [0.1, 0.15) is 6.61 Å². The van der Waals surface area contributed by atoms with E-state index in [1.807, 2.05) is 12.1 Å². The zero-order valence-electron chi connectivity index (χ0n) is 17.5. The maximum Gasteiger partial charge on any atom is 0.242 e. The van der Waals surface area contributed by atoms with Crippen molar-refractivity contribution in [1.29, 1.82) is 0 Å². The number of rotatable bonds is 7. The first kappa shape index (κ1) is 20.2. The van der Waals surface area contributed by atoms with Crippen LogP contribution in [0.15, 0.2) is 78.2 Å². The van der Waals surface area contributed by atoms with E-state index >= 15 is 0 Å². The van der Waals surface area contributed by atoms with Crippen molar-refractivity contribution in [3.63, 3.8) is 0 Å². The second-order valence-electron chi connectivity index (χ2n) is 7.26. The molecule has 0 fully saturated rings. The molecule has 1 N–H and O–H groups in total. The van der Waals surface area contributed by atoms with Gasteiger partial charge in [0.25, 0.3) is 0 Å². The predicted octanol–water partition coefficient (Wildman–Crippen LogP) is 5.43. The monoisotopic (exact) mass is 409 g/mol. The van der Waals surface area contributed by atoms with Crippen LogP contribution < -0.4 is 10.2 Å². The minimum Gasteiger partial charge on any atom is -0.471 e. The van der Waals surface area contributed by atoms with Crippen LogP contribution in [-0.4, -0.2) is 21.9 Å². The number of nitrogens with one attached hydrogen (secondary N) is 1. The van der Waals surface area contributed by atoms with Gasteiger partial charge in [-0.1, -0.05) is 65.7 Å². The Morgan fingerprint density at radius 2 is 1.52 bits per heavy atom. The van der Waals surface area contributed by atoms with Gasteiger partial charge in [0.2, 0.25) is 5.88 Å². The van der Waals surface area contributed by atoms with Crippen LogP contribution in [0, 0.1) is 13.8 Å². The number of benzene rings is 2. The van der Waals surface area contributed by atoms with Gasteiger partial charge in [-0.3, -0.25) is 10.4 Å². The maximum atomic E-state index is 6.14. The number of hydrogen-bond acceptors (Lipinski definition) is 6. The number of aryl methyl sites for hydroxylation is 2. The minimum absolute atomic E-state index is 0.335. The Morgan fingerprint density at radius 1 is 0.871 bits per heavy atom. The molecule has 0 aliphatic heterocycles. The van der Waals surface area contributed by atoms with Crippen LogP contribution in [0.2, 0.25) is 0 Å². The highest BCUT2D eigenvalue weighted by Crippen LogP contribution is 2.42. The summed E-state index contributed by atoms with van der Waals surface area (Å²) in [6, 6.07) is 20.4. The molecule has 154 valence electrons. The Balaban J connectivity index is 1.89. The molecule has 0 saturated heterocycles. The highest BCUT2D eigenvalue weighted by atomic mass is 16.5. The van der Waals surface area contributed by atoms with Crippen molar-refractivity contribution in [2.45, 2.75) is 20.5 Å². The molecule has 0 aliphatic rings. The lowest BCUT2D eigenvalue weighted by Crippen LogP contribution is -2.05. The highest BCUT2D eigenvalue weighted by molar-refractivity contribution is 5.92. The molecule has 0 radical (unpaired) electrons. The lowest BCUT2D eigenvalue weighted by Gasteiger charge is -2.17. The van der Waals surface area contributed by atoms with Gasteiger partial charge in [-0.2, -0.15) is 5.10 Å².